The van der Waals surface area contributed by atoms with E-state index in [1.807, 2.05) is 6.07 Å². The first kappa shape index (κ1) is 23.8. The molecule has 3 rings (SSSR count). The second-order valence-electron chi connectivity index (χ2n) is 7.71. The van der Waals surface area contributed by atoms with Crippen molar-refractivity contribution in [3.05, 3.63) is 29.8 Å². The van der Waals surface area contributed by atoms with E-state index in [-0.39, 0.29) is 35.9 Å². The molecule has 2 fully saturated rings. The van der Waals surface area contributed by atoms with Crippen molar-refractivity contribution in [2.45, 2.75) is 57.6 Å². The molecule has 0 atom stereocenters. The van der Waals surface area contributed by atoms with E-state index in [4.69, 9.17) is 9.47 Å². The van der Waals surface area contributed by atoms with Crippen LogP contribution in [0.4, 0.5) is 0 Å². The highest BCUT2D eigenvalue weighted by atomic mass is 127. The van der Waals surface area contributed by atoms with Gasteiger partial charge in [0, 0.05) is 26.7 Å². The predicted octanol–water partition coefficient (Wildman–Crippen LogP) is 3.98. The Morgan fingerprint density at radius 3 is 2.55 bits per heavy atom. The molecule has 1 aromatic rings. The number of rotatable bonds is 5. The number of hydrogen-bond acceptors (Lipinski definition) is 4. The lowest BCUT2D eigenvalue weighted by atomic mass is 9.97. The zero-order valence-electron chi connectivity index (χ0n) is 17.6. The Morgan fingerprint density at radius 1 is 1.17 bits per heavy atom. The van der Waals surface area contributed by atoms with Crippen LogP contribution in [0, 0.1) is 5.92 Å². The number of halogens is 1. The van der Waals surface area contributed by atoms with E-state index in [1.54, 1.807) is 7.05 Å². The number of hydrogen-bond donors (Lipinski definition) is 1. The lowest BCUT2D eigenvalue weighted by Gasteiger charge is -2.33. The first-order chi connectivity index (χ1) is 13.7. The molecule has 7 heteroatoms. The normalized spacial score (nSPS) is 18.7. The Morgan fingerprint density at radius 2 is 1.90 bits per heavy atom. The zero-order valence-corrected chi connectivity index (χ0v) is 19.9. The van der Waals surface area contributed by atoms with Gasteiger partial charge in [0.1, 0.15) is 5.75 Å². The summed E-state index contributed by atoms with van der Waals surface area (Å²) in [5, 5.41) is 3.45. The molecule has 1 saturated heterocycles. The fourth-order valence-electron chi connectivity index (χ4n) is 4.11. The first-order valence-electron chi connectivity index (χ1n) is 10.5. The van der Waals surface area contributed by atoms with Crippen LogP contribution in [-0.4, -0.2) is 50.2 Å². The van der Waals surface area contributed by atoms with Crippen molar-refractivity contribution < 1.29 is 14.3 Å². The van der Waals surface area contributed by atoms with Gasteiger partial charge in [-0.05, 0) is 56.2 Å². The minimum absolute atomic E-state index is 0. The smallest absolute Gasteiger partial charge is 0.308 e. The molecule has 6 nitrogen and oxygen atoms in total. The summed E-state index contributed by atoms with van der Waals surface area (Å²) in [6.07, 6.45) is 8.17. The van der Waals surface area contributed by atoms with Crippen LogP contribution in [-0.2, 0) is 16.1 Å². The minimum Gasteiger partial charge on any atom is -0.490 e. The predicted molar refractivity (Wildman–Crippen MR) is 126 cm³/mol. The minimum atomic E-state index is -0.0997. The average molecular weight is 515 g/mol. The van der Waals surface area contributed by atoms with Crippen LogP contribution in [0.5, 0.6) is 5.75 Å². The fourth-order valence-corrected chi connectivity index (χ4v) is 4.11. The number of ether oxygens (including phenoxy) is 2. The number of esters is 1. The molecule has 0 aromatic heterocycles. The molecule has 1 heterocycles. The van der Waals surface area contributed by atoms with Gasteiger partial charge in [-0.3, -0.25) is 9.79 Å². The van der Waals surface area contributed by atoms with E-state index in [0.717, 1.165) is 50.5 Å². The number of carbonyl (C=O) groups is 1. The standard InChI is InChI=1S/C22H33N3O3.HI/c1-23-22(25-13-11-18(12-14-25)21(26)27-2)24-16-17-7-6-10-20(15-17)28-19-8-4-3-5-9-19;/h6-7,10,15,18-19H,3-5,8-9,11-14,16H2,1-2H3,(H,23,24);1H. The Bertz CT molecular complexity index is 669. The second kappa shape index (κ2) is 12.2. The van der Waals surface area contributed by atoms with Gasteiger partial charge in [0.25, 0.3) is 0 Å². The second-order valence-corrected chi connectivity index (χ2v) is 7.71. The van der Waals surface area contributed by atoms with Gasteiger partial charge in [0.05, 0.1) is 19.1 Å². The SMILES string of the molecule is CN=C(NCc1cccc(OC2CCCCC2)c1)N1CCC(C(=O)OC)CC1.I. The van der Waals surface area contributed by atoms with Crippen LogP contribution in [0.25, 0.3) is 0 Å². The quantitative estimate of drug-likeness (QED) is 0.278. The molecule has 0 unspecified atom stereocenters. The van der Waals surface area contributed by atoms with E-state index in [9.17, 15) is 4.79 Å². The van der Waals surface area contributed by atoms with Gasteiger partial charge < -0.3 is 19.7 Å². The van der Waals surface area contributed by atoms with Crippen LogP contribution >= 0.6 is 24.0 Å². The van der Waals surface area contributed by atoms with Crippen LogP contribution in [0.15, 0.2) is 29.3 Å². The van der Waals surface area contributed by atoms with Gasteiger partial charge >= 0.3 is 5.97 Å². The van der Waals surface area contributed by atoms with Gasteiger partial charge in [-0.1, -0.05) is 18.6 Å². The third-order valence-electron chi connectivity index (χ3n) is 5.74. The van der Waals surface area contributed by atoms with Crippen LogP contribution in [0.3, 0.4) is 0 Å². The van der Waals surface area contributed by atoms with E-state index < -0.39 is 0 Å². The summed E-state index contributed by atoms with van der Waals surface area (Å²) >= 11 is 0. The molecule has 2 aliphatic rings. The average Bonchev–Trinajstić information content (AvgIpc) is 2.75. The summed E-state index contributed by atoms with van der Waals surface area (Å²) in [7, 11) is 3.26. The first-order valence-corrected chi connectivity index (χ1v) is 10.5. The lowest BCUT2D eigenvalue weighted by Crippen LogP contribution is -2.46. The molecule has 29 heavy (non-hydrogen) atoms. The van der Waals surface area contributed by atoms with E-state index in [0.29, 0.717) is 12.6 Å². The Kier molecular flexibility index (Phi) is 10.0. The molecule has 1 saturated carbocycles. The number of likely N-dealkylation sites (tertiary alicyclic amines) is 1. The molecule has 0 bridgehead atoms. The van der Waals surface area contributed by atoms with Gasteiger partial charge in [0.2, 0.25) is 0 Å². The summed E-state index contributed by atoms with van der Waals surface area (Å²) in [6, 6.07) is 8.33. The molecule has 0 amide bonds. The Labute approximate surface area is 191 Å². The summed E-state index contributed by atoms with van der Waals surface area (Å²) in [5.41, 5.74) is 1.18. The highest BCUT2D eigenvalue weighted by Gasteiger charge is 2.26. The maximum atomic E-state index is 11.7. The number of carbonyl (C=O) groups excluding carboxylic acids is 1. The van der Waals surface area contributed by atoms with Crippen LogP contribution in [0.1, 0.15) is 50.5 Å². The molecule has 1 aliphatic heterocycles. The number of benzene rings is 1. The molecule has 0 radical (unpaired) electrons. The van der Waals surface area contributed by atoms with Crippen molar-refractivity contribution in [1.29, 1.82) is 0 Å². The maximum Gasteiger partial charge on any atom is 0.308 e. The number of nitrogens with one attached hydrogen (secondary N) is 1. The molecule has 1 aliphatic carbocycles. The van der Waals surface area contributed by atoms with Gasteiger partial charge in [0.15, 0.2) is 5.96 Å². The van der Waals surface area contributed by atoms with Crippen LogP contribution in [0.2, 0.25) is 0 Å². The summed E-state index contributed by atoms with van der Waals surface area (Å²) in [6.45, 7) is 2.32. The number of piperidine rings is 1. The van der Waals surface area contributed by atoms with Gasteiger partial charge in [-0.25, -0.2) is 0 Å². The Balaban J connectivity index is 0.00000300. The van der Waals surface area contributed by atoms with E-state index in [1.165, 1.54) is 31.9 Å². The summed E-state index contributed by atoms with van der Waals surface area (Å²) in [5.74, 6) is 1.74. The van der Waals surface area contributed by atoms with E-state index in [2.05, 4.69) is 33.4 Å². The largest absolute Gasteiger partial charge is 0.490 e. The lowest BCUT2D eigenvalue weighted by molar-refractivity contribution is -0.146. The van der Waals surface area contributed by atoms with Crippen molar-refractivity contribution in [3.8, 4) is 5.75 Å². The van der Waals surface area contributed by atoms with Crippen molar-refractivity contribution in [3.63, 3.8) is 0 Å². The molecule has 1 aromatic carbocycles. The van der Waals surface area contributed by atoms with Crippen molar-refractivity contribution in [2.24, 2.45) is 10.9 Å². The molecule has 0 spiro atoms. The van der Waals surface area contributed by atoms with Crippen molar-refractivity contribution >= 4 is 35.9 Å². The summed E-state index contributed by atoms with van der Waals surface area (Å²) in [4.78, 5) is 18.3. The number of methoxy groups -OCH3 is 1. The maximum absolute atomic E-state index is 11.7. The zero-order chi connectivity index (χ0) is 19.8. The number of guanidine groups is 1. The van der Waals surface area contributed by atoms with Crippen molar-refractivity contribution in [1.82, 2.24) is 10.2 Å². The topological polar surface area (TPSA) is 63.2 Å². The highest BCUT2D eigenvalue weighted by Crippen LogP contribution is 2.24. The van der Waals surface area contributed by atoms with Gasteiger partial charge in [-0.2, -0.15) is 0 Å². The molecule has 162 valence electrons. The molecular formula is C22H34IN3O3. The molecular weight excluding hydrogens is 481 g/mol. The third kappa shape index (κ3) is 7.04. The summed E-state index contributed by atoms with van der Waals surface area (Å²) < 4.78 is 11.0. The third-order valence-corrected chi connectivity index (χ3v) is 5.74. The fraction of sp³-hybridized carbons (Fsp3) is 0.636. The monoisotopic (exact) mass is 515 g/mol. The molecule has 1 N–H and O–H groups in total. The number of aliphatic imine (C=N–C) groups is 1. The highest BCUT2D eigenvalue weighted by molar-refractivity contribution is 14.0. The van der Waals surface area contributed by atoms with Crippen molar-refractivity contribution in [2.75, 3.05) is 27.2 Å². The Hall–Kier alpha value is -1.51. The van der Waals surface area contributed by atoms with Crippen LogP contribution < -0.4 is 10.1 Å². The number of nitrogens with zero attached hydrogens (tertiary/aromatic N) is 2. The van der Waals surface area contributed by atoms with E-state index >= 15 is 0 Å². The van der Waals surface area contributed by atoms with Gasteiger partial charge in [-0.15, -0.1) is 24.0 Å².